The van der Waals surface area contributed by atoms with Crippen LogP contribution in [0.4, 0.5) is 14.9 Å². The molecule has 0 saturated carbocycles. The molecule has 7 heteroatoms. The molecule has 3 amide bonds. The van der Waals surface area contributed by atoms with E-state index in [9.17, 15) is 14.0 Å². The molecule has 0 aliphatic heterocycles. The van der Waals surface area contributed by atoms with Crippen LogP contribution in [0.3, 0.4) is 0 Å². The Kier molecular flexibility index (Phi) is 8.82. The number of amides is 3. The number of pyridine rings is 1. The van der Waals surface area contributed by atoms with E-state index in [0.29, 0.717) is 35.3 Å². The van der Waals surface area contributed by atoms with Gasteiger partial charge in [-0.1, -0.05) is 42.2 Å². The summed E-state index contributed by atoms with van der Waals surface area (Å²) in [7, 11) is 0. The monoisotopic (exact) mass is 506 g/mol. The molecule has 4 aromatic rings. The lowest BCUT2D eigenvalue weighted by atomic mass is 10.00. The minimum atomic E-state index is -0.359. The second kappa shape index (κ2) is 12.8. The first-order valence-corrected chi connectivity index (χ1v) is 12.2. The van der Waals surface area contributed by atoms with Crippen molar-refractivity contribution in [2.45, 2.75) is 19.4 Å². The summed E-state index contributed by atoms with van der Waals surface area (Å²) in [5, 5.41) is 8.68. The smallest absolute Gasteiger partial charge is 0.319 e. The standard InChI is InChI=1S/C31H27FN4O2/c1-22(35-30(37)25-7-3-2-4-8-25)29-16-15-28(20-26(29)12-9-23-10-13-27(32)14-11-23)36-31(38)34-19-17-24-6-5-18-33-21-24/h2-8,10-11,13-16,18,20-22H,17,19H2,1H3,(H,35,37)(H2,34,36,38). The predicted molar refractivity (Wildman–Crippen MR) is 146 cm³/mol. The summed E-state index contributed by atoms with van der Waals surface area (Å²) in [6.07, 6.45) is 4.13. The number of carbonyl (C=O) groups is 2. The molecule has 0 saturated heterocycles. The van der Waals surface area contributed by atoms with Gasteiger partial charge in [-0.3, -0.25) is 9.78 Å². The maximum atomic E-state index is 13.3. The van der Waals surface area contributed by atoms with Crippen molar-refractivity contribution in [1.29, 1.82) is 0 Å². The molecule has 1 heterocycles. The van der Waals surface area contributed by atoms with Crippen LogP contribution in [0.1, 0.15) is 45.6 Å². The highest BCUT2D eigenvalue weighted by molar-refractivity contribution is 5.94. The number of aromatic nitrogens is 1. The highest BCUT2D eigenvalue weighted by Crippen LogP contribution is 2.22. The summed E-state index contributed by atoms with van der Waals surface area (Å²) < 4.78 is 13.3. The van der Waals surface area contributed by atoms with Crippen molar-refractivity contribution in [3.63, 3.8) is 0 Å². The molecule has 1 aromatic heterocycles. The maximum absolute atomic E-state index is 13.3. The highest BCUT2D eigenvalue weighted by atomic mass is 19.1. The summed E-state index contributed by atoms with van der Waals surface area (Å²) in [6, 6.07) is 23.3. The van der Waals surface area contributed by atoms with Crippen molar-refractivity contribution in [3.05, 3.63) is 131 Å². The first-order valence-electron chi connectivity index (χ1n) is 12.2. The zero-order chi connectivity index (χ0) is 26.7. The molecule has 0 aliphatic rings. The fraction of sp³-hybridized carbons (Fsp3) is 0.129. The lowest BCUT2D eigenvalue weighted by Crippen LogP contribution is -2.30. The van der Waals surface area contributed by atoms with Gasteiger partial charge in [0.25, 0.3) is 5.91 Å². The molecule has 190 valence electrons. The Labute approximate surface area is 221 Å². The lowest BCUT2D eigenvalue weighted by molar-refractivity contribution is 0.0940. The van der Waals surface area contributed by atoms with Crippen molar-refractivity contribution >= 4 is 17.6 Å². The number of carbonyl (C=O) groups excluding carboxylic acids is 2. The van der Waals surface area contributed by atoms with E-state index in [1.54, 1.807) is 60.9 Å². The fourth-order valence-corrected chi connectivity index (χ4v) is 3.78. The van der Waals surface area contributed by atoms with Gasteiger partial charge in [-0.25, -0.2) is 9.18 Å². The molecule has 0 radical (unpaired) electrons. The number of anilines is 1. The van der Waals surface area contributed by atoms with Gasteiger partial charge in [0.2, 0.25) is 0 Å². The van der Waals surface area contributed by atoms with Gasteiger partial charge in [0.15, 0.2) is 0 Å². The van der Waals surface area contributed by atoms with Gasteiger partial charge >= 0.3 is 6.03 Å². The van der Waals surface area contributed by atoms with E-state index in [1.807, 2.05) is 31.2 Å². The van der Waals surface area contributed by atoms with Crippen LogP contribution in [0.5, 0.6) is 0 Å². The molecule has 3 N–H and O–H groups in total. The molecular formula is C31H27FN4O2. The number of nitrogens with zero attached hydrogens (tertiary/aromatic N) is 1. The van der Waals surface area contributed by atoms with Crippen LogP contribution in [-0.4, -0.2) is 23.5 Å². The van der Waals surface area contributed by atoms with E-state index in [2.05, 4.69) is 32.8 Å². The molecular weight excluding hydrogens is 479 g/mol. The first kappa shape index (κ1) is 26.1. The third-order valence-corrected chi connectivity index (χ3v) is 5.77. The topological polar surface area (TPSA) is 83.1 Å². The summed E-state index contributed by atoms with van der Waals surface area (Å²) in [6.45, 7) is 2.33. The van der Waals surface area contributed by atoms with Crippen LogP contribution >= 0.6 is 0 Å². The Bertz CT molecular complexity index is 1450. The third kappa shape index (κ3) is 7.52. The minimum Gasteiger partial charge on any atom is -0.345 e. The van der Waals surface area contributed by atoms with Crippen LogP contribution in [-0.2, 0) is 6.42 Å². The fourth-order valence-electron chi connectivity index (χ4n) is 3.78. The summed E-state index contributed by atoms with van der Waals surface area (Å²) in [5.74, 6) is 5.61. The number of hydrogen-bond donors (Lipinski definition) is 3. The first-order chi connectivity index (χ1) is 18.5. The normalized spacial score (nSPS) is 11.0. The molecule has 0 aliphatic carbocycles. The van der Waals surface area contributed by atoms with E-state index in [1.165, 1.54) is 12.1 Å². The van der Waals surface area contributed by atoms with E-state index >= 15 is 0 Å². The highest BCUT2D eigenvalue weighted by Gasteiger charge is 2.15. The van der Waals surface area contributed by atoms with Crippen LogP contribution in [0.15, 0.2) is 97.3 Å². The summed E-state index contributed by atoms with van der Waals surface area (Å²) in [5.41, 5.74) is 4.19. The Morgan fingerprint density at radius 1 is 0.947 bits per heavy atom. The van der Waals surface area contributed by atoms with Gasteiger partial charge < -0.3 is 16.0 Å². The zero-order valence-electron chi connectivity index (χ0n) is 20.9. The van der Waals surface area contributed by atoms with Gasteiger partial charge in [-0.05, 0) is 79.1 Å². The Morgan fingerprint density at radius 2 is 1.74 bits per heavy atom. The summed E-state index contributed by atoms with van der Waals surface area (Å²) >= 11 is 0. The van der Waals surface area contributed by atoms with Gasteiger partial charge in [-0.2, -0.15) is 0 Å². The van der Waals surface area contributed by atoms with Crippen molar-refractivity contribution < 1.29 is 14.0 Å². The largest absolute Gasteiger partial charge is 0.345 e. The molecule has 1 atom stereocenters. The maximum Gasteiger partial charge on any atom is 0.319 e. The average Bonchev–Trinajstić information content (AvgIpc) is 2.94. The predicted octanol–water partition coefficient (Wildman–Crippen LogP) is 5.48. The van der Waals surface area contributed by atoms with Crippen LogP contribution < -0.4 is 16.0 Å². The number of nitrogens with one attached hydrogen (secondary N) is 3. The molecule has 0 spiro atoms. The SMILES string of the molecule is CC(NC(=O)c1ccccc1)c1ccc(NC(=O)NCCc2cccnc2)cc1C#Cc1ccc(F)cc1. The third-order valence-electron chi connectivity index (χ3n) is 5.77. The van der Waals surface area contributed by atoms with Crippen molar-refractivity contribution in [3.8, 4) is 11.8 Å². The Balaban J connectivity index is 1.50. The summed E-state index contributed by atoms with van der Waals surface area (Å²) in [4.78, 5) is 29.3. The molecule has 1 unspecified atom stereocenters. The minimum absolute atomic E-state index is 0.203. The van der Waals surface area contributed by atoms with Gasteiger partial charge in [0.05, 0.1) is 6.04 Å². The number of hydrogen-bond acceptors (Lipinski definition) is 3. The second-order valence-corrected chi connectivity index (χ2v) is 8.61. The molecule has 4 rings (SSSR count). The lowest BCUT2D eigenvalue weighted by Gasteiger charge is -2.17. The van der Waals surface area contributed by atoms with Gasteiger partial charge in [0.1, 0.15) is 5.82 Å². The van der Waals surface area contributed by atoms with Crippen molar-refractivity contribution in [2.75, 3.05) is 11.9 Å². The van der Waals surface area contributed by atoms with E-state index < -0.39 is 0 Å². The van der Waals surface area contributed by atoms with E-state index in [-0.39, 0.29) is 23.8 Å². The zero-order valence-corrected chi connectivity index (χ0v) is 20.9. The molecule has 0 fully saturated rings. The number of rotatable bonds is 7. The van der Waals surface area contributed by atoms with E-state index in [0.717, 1.165) is 11.1 Å². The molecule has 6 nitrogen and oxygen atoms in total. The van der Waals surface area contributed by atoms with Gasteiger partial charge in [-0.15, -0.1) is 0 Å². The van der Waals surface area contributed by atoms with Gasteiger partial charge in [0, 0.05) is 41.3 Å². The quantitative estimate of drug-likeness (QED) is 0.291. The van der Waals surface area contributed by atoms with Crippen molar-refractivity contribution in [1.82, 2.24) is 15.6 Å². The molecule has 38 heavy (non-hydrogen) atoms. The number of urea groups is 1. The van der Waals surface area contributed by atoms with E-state index in [4.69, 9.17) is 0 Å². The number of benzene rings is 3. The Morgan fingerprint density at radius 3 is 2.47 bits per heavy atom. The molecule has 3 aromatic carbocycles. The van der Waals surface area contributed by atoms with Crippen molar-refractivity contribution in [2.24, 2.45) is 0 Å². The van der Waals surface area contributed by atoms with Crippen LogP contribution in [0.25, 0.3) is 0 Å². The molecule has 0 bridgehead atoms. The number of halogens is 1. The van der Waals surface area contributed by atoms with Crippen LogP contribution in [0.2, 0.25) is 0 Å². The Hall–Kier alpha value is -4.96. The second-order valence-electron chi connectivity index (χ2n) is 8.61. The van der Waals surface area contributed by atoms with Crippen LogP contribution in [0, 0.1) is 17.7 Å². The average molecular weight is 507 g/mol.